The van der Waals surface area contributed by atoms with Gasteiger partial charge in [0.15, 0.2) is 11.4 Å². The molecule has 0 saturated carbocycles. The fourth-order valence-corrected chi connectivity index (χ4v) is 1.54. The van der Waals surface area contributed by atoms with E-state index in [1.54, 1.807) is 0 Å². The number of esters is 2. The lowest BCUT2D eigenvalue weighted by Crippen LogP contribution is -2.19. The van der Waals surface area contributed by atoms with E-state index in [0.29, 0.717) is 0 Å². The number of hydrogen-bond donors (Lipinski definition) is 0. The van der Waals surface area contributed by atoms with E-state index in [0.717, 1.165) is 24.3 Å². The van der Waals surface area contributed by atoms with Gasteiger partial charge < -0.3 is 9.47 Å². The number of nitro benzene ring substituents is 1. The van der Waals surface area contributed by atoms with E-state index < -0.39 is 28.3 Å². The third kappa shape index (κ3) is 4.11. The lowest BCUT2D eigenvalue weighted by molar-refractivity contribution is -0.384. The average molecular weight is 311 g/mol. The second kappa shape index (κ2) is 7.87. The normalized spacial score (nSPS) is 9.77. The van der Waals surface area contributed by atoms with E-state index >= 15 is 0 Å². The van der Waals surface area contributed by atoms with Gasteiger partial charge in [-0.25, -0.2) is 14.0 Å². The quantitative estimate of drug-likeness (QED) is 0.200. The highest BCUT2D eigenvalue weighted by Crippen LogP contribution is 2.24. The van der Waals surface area contributed by atoms with Gasteiger partial charge in [0.2, 0.25) is 0 Å². The third-order valence-corrected chi connectivity index (χ3v) is 2.51. The summed E-state index contributed by atoms with van der Waals surface area (Å²) >= 11 is 0. The standard InChI is InChI=1S/C14H14FNO6/c1-3-21-13(17)11(14(18)22-4-2)12(15)9-5-7-10(8-6-9)16(19)20/h5-8H,3-4H2,1-2H3. The fourth-order valence-electron chi connectivity index (χ4n) is 1.54. The molecule has 0 aromatic heterocycles. The molecule has 0 spiro atoms. The Morgan fingerprint density at radius 2 is 1.55 bits per heavy atom. The summed E-state index contributed by atoms with van der Waals surface area (Å²) in [6.07, 6.45) is 0. The number of carbonyl (C=O) groups is 2. The van der Waals surface area contributed by atoms with Crippen LogP contribution in [0.25, 0.3) is 5.83 Å². The van der Waals surface area contributed by atoms with Gasteiger partial charge in [-0.3, -0.25) is 10.1 Å². The average Bonchev–Trinajstić information content (AvgIpc) is 2.48. The Morgan fingerprint density at radius 3 is 1.91 bits per heavy atom. The van der Waals surface area contributed by atoms with Crippen molar-refractivity contribution in [3.8, 4) is 0 Å². The summed E-state index contributed by atoms with van der Waals surface area (Å²) in [5.74, 6) is -3.47. The molecule has 0 atom stereocenters. The Morgan fingerprint density at radius 1 is 1.09 bits per heavy atom. The number of hydrogen-bond acceptors (Lipinski definition) is 6. The second-order valence-corrected chi connectivity index (χ2v) is 3.93. The van der Waals surface area contributed by atoms with Crippen LogP contribution in [0.4, 0.5) is 10.1 Å². The first-order valence-corrected chi connectivity index (χ1v) is 6.41. The molecule has 118 valence electrons. The molecule has 0 amide bonds. The van der Waals surface area contributed by atoms with E-state index in [9.17, 15) is 24.1 Å². The Labute approximate surface area is 125 Å². The maximum absolute atomic E-state index is 14.4. The minimum atomic E-state index is -1.16. The Kier molecular flexibility index (Phi) is 6.18. The van der Waals surface area contributed by atoms with Crippen LogP contribution >= 0.6 is 0 Å². The van der Waals surface area contributed by atoms with Crippen molar-refractivity contribution in [3.63, 3.8) is 0 Å². The summed E-state index contributed by atoms with van der Waals surface area (Å²) in [6.45, 7) is 2.92. The smallest absolute Gasteiger partial charge is 0.348 e. The Hall–Kier alpha value is -2.77. The highest BCUT2D eigenvalue weighted by Gasteiger charge is 2.27. The molecule has 0 aliphatic heterocycles. The maximum atomic E-state index is 14.4. The summed E-state index contributed by atoms with van der Waals surface area (Å²) in [6, 6.07) is 4.30. The molecule has 1 aromatic carbocycles. The molecule has 0 bridgehead atoms. The molecular formula is C14H14FNO6. The summed E-state index contributed by atoms with van der Waals surface area (Å²) in [5.41, 5.74) is -1.29. The van der Waals surface area contributed by atoms with Crippen LogP contribution in [-0.4, -0.2) is 30.1 Å². The number of benzene rings is 1. The lowest BCUT2D eigenvalue weighted by atomic mass is 10.1. The van der Waals surface area contributed by atoms with Crippen LogP contribution in [0.15, 0.2) is 29.8 Å². The zero-order valence-electron chi connectivity index (χ0n) is 12.0. The van der Waals surface area contributed by atoms with Gasteiger partial charge in [0.25, 0.3) is 5.69 Å². The van der Waals surface area contributed by atoms with Gasteiger partial charge in [0, 0.05) is 17.7 Å². The monoisotopic (exact) mass is 311 g/mol. The molecule has 0 aliphatic rings. The largest absolute Gasteiger partial charge is 0.462 e. The first kappa shape index (κ1) is 17.3. The van der Waals surface area contributed by atoms with E-state index in [2.05, 4.69) is 9.47 Å². The van der Waals surface area contributed by atoms with Gasteiger partial charge in [-0.15, -0.1) is 0 Å². The van der Waals surface area contributed by atoms with Crippen molar-refractivity contribution < 1.29 is 28.4 Å². The van der Waals surface area contributed by atoms with E-state index in [1.165, 1.54) is 13.8 Å². The summed E-state index contributed by atoms with van der Waals surface area (Å²) in [4.78, 5) is 33.3. The fraction of sp³-hybridized carbons (Fsp3) is 0.286. The molecule has 22 heavy (non-hydrogen) atoms. The molecule has 0 saturated heterocycles. The number of carbonyl (C=O) groups excluding carboxylic acids is 2. The Balaban J connectivity index is 3.27. The zero-order chi connectivity index (χ0) is 16.7. The van der Waals surface area contributed by atoms with Crippen LogP contribution in [0.2, 0.25) is 0 Å². The highest BCUT2D eigenvalue weighted by molar-refractivity contribution is 6.19. The van der Waals surface area contributed by atoms with Crippen molar-refractivity contribution in [1.29, 1.82) is 0 Å². The van der Waals surface area contributed by atoms with Crippen molar-refractivity contribution in [1.82, 2.24) is 0 Å². The molecule has 8 heteroatoms. The number of non-ortho nitro benzene ring substituents is 1. The molecule has 0 aliphatic carbocycles. The zero-order valence-corrected chi connectivity index (χ0v) is 12.0. The van der Waals surface area contributed by atoms with E-state index in [1.807, 2.05) is 0 Å². The summed E-state index contributed by atoms with van der Waals surface area (Å²) < 4.78 is 23.6. The van der Waals surface area contributed by atoms with Crippen molar-refractivity contribution in [2.24, 2.45) is 0 Å². The van der Waals surface area contributed by atoms with Gasteiger partial charge in [-0.1, -0.05) is 0 Å². The summed E-state index contributed by atoms with van der Waals surface area (Å²) in [5, 5.41) is 10.6. The lowest BCUT2D eigenvalue weighted by Gasteiger charge is -2.08. The number of halogens is 1. The van der Waals surface area contributed by atoms with Crippen LogP contribution in [0.1, 0.15) is 19.4 Å². The predicted molar refractivity (Wildman–Crippen MR) is 74.4 cm³/mol. The maximum Gasteiger partial charge on any atom is 0.348 e. The molecule has 0 heterocycles. The van der Waals surface area contributed by atoms with Gasteiger partial charge in [0.1, 0.15) is 0 Å². The number of ether oxygens (including phenoxy) is 2. The van der Waals surface area contributed by atoms with Crippen molar-refractivity contribution in [2.75, 3.05) is 13.2 Å². The molecule has 7 nitrogen and oxygen atoms in total. The van der Waals surface area contributed by atoms with Crippen LogP contribution in [0.5, 0.6) is 0 Å². The van der Waals surface area contributed by atoms with E-state index in [-0.39, 0.29) is 24.5 Å². The SMILES string of the molecule is CCOC(=O)C(C(=O)OCC)=C(F)c1ccc([N+](=O)[O-])cc1. The third-order valence-electron chi connectivity index (χ3n) is 2.51. The predicted octanol–water partition coefficient (Wildman–Crippen LogP) is 2.40. The van der Waals surface area contributed by atoms with Gasteiger partial charge >= 0.3 is 11.9 Å². The Bertz CT molecular complexity index is 588. The number of rotatable bonds is 6. The number of nitro groups is 1. The minimum absolute atomic E-state index is 0.0463. The number of nitrogens with zero attached hydrogens (tertiary/aromatic N) is 1. The van der Waals surface area contributed by atoms with Crippen LogP contribution in [-0.2, 0) is 19.1 Å². The van der Waals surface area contributed by atoms with Crippen LogP contribution < -0.4 is 0 Å². The molecule has 0 radical (unpaired) electrons. The van der Waals surface area contributed by atoms with Crippen molar-refractivity contribution >= 4 is 23.5 Å². The topological polar surface area (TPSA) is 95.7 Å². The molecule has 1 rings (SSSR count). The van der Waals surface area contributed by atoms with Crippen molar-refractivity contribution in [2.45, 2.75) is 13.8 Å². The van der Waals surface area contributed by atoms with E-state index in [4.69, 9.17) is 0 Å². The highest BCUT2D eigenvalue weighted by atomic mass is 19.1. The van der Waals surface area contributed by atoms with Crippen LogP contribution in [0.3, 0.4) is 0 Å². The first-order valence-electron chi connectivity index (χ1n) is 6.41. The van der Waals surface area contributed by atoms with Gasteiger partial charge in [-0.2, -0.15) is 0 Å². The second-order valence-electron chi connectivity index (χ2n) is 3.93. The van der Waals surface area contributed by atoms with Gasteiger partial charge in [-0.05, 0) is 26.0 Å². The molecule has 1 aromatic rings. The minimum Gasteiger partial charge on any atom is -0.462 e. The van der Waals surface area contributed by atoms with Crippen molar-refractivity contribution in [3.05, 3.63) is 45.5 Å². The summed E-state index contributed by atoms with van der Waals surface area (Å²) in [7, 11) is 0. The first-order chi connectivity index (χ1) is 10.4. The van der Waals surface area contributed by atoms with Gasteiger partial charge in [0.05, 0.1) is 18.1 Å². The molecule has 0 unspecified atom stereocenters. The molecule has 0 fully saturated rings. The molecular weight excluding hydrogens is 297 g/mol. The van der Waals surface area contributed by atoms with Crippen LogP contribution in [0, 0.1) is 10.1 Å². The molecule has 0 N–H and O–H groups in total.